The maximum atomic E-state index is 12.6. The summed E-state index contributed by atoms with van der Waals surface area (Å²) < 4.78 is 10.4. The van der Waals surface area contributed by atoms with E-state index in [1.165, 1.54) is 12.6 Å². The molecule has 1 amide bonds. The second kappa shape index (κ2) is 5.99. The summed E-state index contributed by atoms with van der Waals surface area (Å²) in [7, 11) is 1.62. The van der Waals surface area contributed by atoms with Crippen molar-refractivity contribution >= 4 is 5.91 Å². The lowest BCUT2D eigenvalue weighted by Gasteiger charge is -2.26. The number of amides is 1. The minimum absolute atomic E-state index is 0.00164. The van der Waals surface area contributed by atoms with Gasteiger partial charge in [-0.2, -0.15) is 0 Å². The number of nitrogens with zero attached hydrogens (tertiary/aromatic N) is 2. The number of ether oxygens (including phenoxy) is 1. The van der Waals surface area contributed by atoms with E-state index in [2.05, 4.69) is 5.16 Å². The van der Waals surface area contributed by atoms with Crippen LogP contribution in [-0.4, -0.2) is 36.2 Å². The molecule has 1 saturated heterocycles. The average Bonchev–Trinajstić information content (AvgIpc) is 3.04. The van der Waals surface area contributed by atoms with Gasteiger partial charge in [0.05, 0.1) is 13.3 Å². The number of piperidine rings is 1. The molecule has 0 unspecified atom stereocenters. The van der Waals surface area contributed by atoms with Crippen LogP contribution in [0.15, 0.2) is 35.0 Å². The van der Waals surface area contributed by atoms with Crippen LogP contribution in [0.4, 0.5) is 0 Å². The Morgan fingerprint density at radius 3 is 2.57 bits per heavy atom. The van der Waals surface area contributed by atoms with Crippen molar-refractivity contribution in [2.45, 2.75) is 19.3 Å². The summed E-state index contributed by atoms with van der Waals surface area (Å²) in [5.41, 5.74) is 1.36. The number of aromatic nitrogens is 1. The molecule has 0 atom stereocenters. The van der Waals surface area contributed by atoms with Gasteiger partial charge in [0.15, 0.2) is 5.76 Å². The minimum atomic E-state index is 0.00164. The lowest BCUT2D eigenvalue weighted by molar-refractivity contribution is 0.0724. The van der Waals surface area contributed by atoms with Gasteiger partial charge in [-0.05, 0) is 43.5 Å². The maximum absolute atomic E-state index is 12.6. The number of carbonyl (C=O) groups is 1. The largest absolute Gasteiger partial charge is 0.497 e. The van der Waals surface area contributed by atoms with Crippen molar-refractivity contribution in [3.63, 3.8) is 0 Å². The Hall–Kier alpha value is -2.30. The van der Waals surface area contributed by atoms with Crippen LogP contribution in [0.25, 0.3) is 11.3 Å². The van der Waals surface area contributed by atoms with E-state index in [0.29, 0.717) is 11.3 Å². The highest BCUT2D eigenvalue weighted by Gasteiger charge is 2.24. The van der Waals surface area contributed by atoms with E-state index in [1.54, 1.807) is 7.11 Å². The molecule has 1 aromatic carbocycles. The van der Waals surface area contributed by atoms with Crippen LogP contribution in [0.1, 0.15) is 29.6 Å². The van der Waals surface area contributed by atoms with Gasteiger partial charge in [-0.3, -0.25) is 4.79 Å². The van der Waals surface area contributed by atoms with Crippen molar-refractivity contribution < 1.29 is 14.1 Å². The molecule has 21 heavy (non-hydrogen) atoms. The summed E-state index contributed by atoms with van der Waals surface area (Å²) in [4.78, 5) is 14.5. The van der Waals surface area contributed by atoms with E-state index in [4.69, 9.17) is 9.26 Å². The maximum Gasteiger partial charge on any atom is 0.259 e. The lowest BCUT2D eigenvalue weighted by atomic mass is 10.1. The van der Waals surface area contributed by atoms with Gasteiger partial charge in [0.1, 0.15) is 11.3 Å². The molecular weight excluding hydrogens is 268 g/mol. The van der Waals surface area contributed by atoms with E-state index >= 15 is 0 Å². The van der Waals surface area contributed by atoms with Gasteiger partial charge < -0.3 is 14.2 Å². The Morgan fingerprint density at radius 1 is 1.19 bits per heavy atom. The van der Waals surface area contributed by atoms with Crippen molar-refractivity contribution in [2.24, 2.45) is 0 Å². The van der Waals surface area contributed by atoms with Crippen LogP contribution in [0, 0.1) is 0 Å². The van der Waals surface area contributed by atoms with E-state index in [9.17, 15) is 4.79 Å². The summed E-state index contributed by atoms with van der Waals surface area (Å²) in [5.74, 6) is 1.29. The fourth-order valence-corrected chi connectivity index (χ4v) is 2.61. The molecule has 1 fully saturated rings. The van der Waals surface area contributed by atoms with Crippen LogP contribution < -0.4 is 4.74 Å². The fourth-order valence-electron chi connectivity index (χ4n) is 2.61. The average molecular weight is 286 g/mol. The molecule has 0 saturated carbocycles. The monoisotopic (exact) mass is 286 g/mol. The lowest BCUT2D eigenvalue weighted by Crippen LogP contribution is -2.35. The van der Waals surface area contributed by atoms with Crippen LogP contribution in [0.5, 0.6) is 5.75 Å². The summed E-state index contributed by atoms with van der Waals surface area (Å²) in [6.07, 6.45) is 4.83. The smallest absolute Gasteiger partial charge is 0.259 e. The van der Waals surface area contributed by atoms with Crippen molar-refractivity contribution in [1.29, 1.82) is 0 Å². The van der Waals surface area contributed by atoms with Gasteiger partial charge in [0.2, 0.25) is 0 Å². The second-order valence-electron chi connectivity index (χ2n) is 5.15. The molecule has 0 N–H and O–H groups in total. The molecule has 0 bridgehead atoms. The predicted octanol–water partition coefficient (Wildman–Crippen LogP) is 2.98. The fraction of sp³-hybridized carbons (Fsp3) is 0.375. The minimum Gasteiger partial charge on any atom is -0.497 e. The summed E-state index contributed by atoms with van der Waals surface area (Å²) in [6, 6.07) is 7.42. The number of carbonyl (C=O) groups excluding carboxylic acids is 1. The molecule has 1 aliphatic rings. The van der Waals surface area contributed by atoms with Gasteiger partial charge in [-0.1, -0.05) is 5.16 Å². The molecule has 5 heteroatoms. The first-order valence-electron chi connectivity index (χ1n) is 7.18. The third-order valence-corrected chi connectivity index (χ3v) is 3.80. The third-order valence-electron chi connectivity index (χ3n) is 3.80. The van der Waals surface area contributed by atoms with Gasteiger partial charge in [-0.15, -0.1) is 0 Å². The zero-order valence-corrected chi connectivity index (χ0v) is 12.0. The first-order valence-corrected chi connectivity index (χ1v) is 7.18. The Kier molecular flexibility index (Phi) is 3.90. The van der Waals surface area contributed by atoms with Crippen LogP contribution >= 0.6 is 0 Å². The molecule has 2 aromatic rings. The molecule has 0 spiro atoms. The number of rotatable bonds is 3. The standard InChI is InChI=1S/C16H18N2O3/c1-20-13-7-5-12(6-8-13)15-14(11-17-21-15)16(19)18-9-3-2-4-10-18/h5-8,11H,2-4,9-10H2,1H3. The van der Waals surface area contributed by atoms with Gasteiger partial charge in [0.25, 0.3) is 5.91 Å². The van der Waals surface area contributed by atoms with Crippen LogP contribution in [0.2, 0.25) is 0 Å². The summed E-state index contributed by atoms with van der Waals surface area (Å²) >= 11 is 0. The number of hydrogen-bond donors (Lipinski definition) is 0. The van der Waals surface area contributed by atoms with Gasteiger partial charge >= 0.3 is 0 Å². The zero-order chi connectivity index (χ0) is 14.7. The highest BCUT2D eigenvalue weighted by Crippen LogP contribution is 2.27. The normalized spacial score (nSPS) is 15.0. The quantitative estimate of drug-likeness (QED) is 0.870. The summed E-state index contributed by atoms with van der Waals surface area (Å²) in [5, 5.41) is 3.80. The first kappa shape index (κ1) is 13.7. The Morgan fingerprint density at radius 2 is 1.90 bits per heavy atom. The highest BCUT2D eigenvalue weighted by atomic mass is 16.5. The van der Waals surface area contributed by atoms with Crippen LogP contribution in [0.3, 0.4) is 0 Å². The SMILES string of the molecule is COc1ccc(-c2oncc2C(=O)N2CCCCC2)cc1. The second-order valence-corrected chi connectivity index (χ2v) is 5.15. The highest BCUT2D eigenvalue weighted by molar-refractivity contribution is 5.99. The Balaban J connectivity index is 1.87. The van der Waals surface area contributed by atoms with Crippen molar-refractivity contribution in [2.75, 3.05) is 20.2 Å². The number of likely N-dealkylation sites (tertiary alicyclic amines) is 1. The van der Waals surface area contributed by atoms with E-state index in [-0.39, 0.29) is 5.91 Å². The van der Waals surface area contributed by atoms with E-state index in [0.717, 1.165) is 37.2 Å². The molecule has 110 valence electrons. The van der Waals surface area contributed by atoms with Crippen molar-refractivity contribution in [3.8, 4) is 17.1 Å². The number of benzene rings is 1. The van der Waals surface area contributed by atoms with E-state index in [1.807, 2.05) is 29.2 Å². The van der Waals surface area contributed by atoms with Crippen LogP contribution in [-0.2, 0) is 0 Å². The van der Waals surface area contributed by atoms with Crippen molar-refractivity contribution in [3.05, 3.63) is 36.0 Å². The van der Waals surface area contributed by atoms with Crippen molar-refractivity contribution in [1.82, 2.24) is 10.1 Å². The molecule has 2 heterocycles. The first-order chi connectivity index (χ1) is 10.3. The predicted molar refractivity (Wildman–Crippen MR) is 78.2 cm³/mol. The molecule has 5 nitrogen and oxygen atoms in total. The van der Waals surface area contributed by atoms with Gasteiger partial charge in [0, 0.05) is 18.7 Å². The number of hydrogen-bond acceptors (Lipinski definition) is 4. The Labute approximate surface area is 123 Å². The molecule has 1 aliphatic heterocycles. The van der Waals surface area contributed by atoms with E-state index < -0.39 is 0 Å². The third kappa shape index (κ3) is 2.77. The molecular formula is C16H18N2O3. The molecule has 1 aromatic heterocycles. The summed E-state index contributed by atoms with van der Waals surface area (Å²) in [6.45, 7) is 1.62. The molecule has 0 aliphatic carbocycles. The van der Waals surface area contributed by atoms with Gasteiger partial charge in [-0.25, -0.2) is 0 Å². The molecule has 0 radical (unpaired) electrons. The number of methoxy groups -OCH3 is 1. The Bertz CT molecular complexity index is 613. The molecule has 3 rings (SSSR count). The topological polar surface area (TPSA) is 55.6 Å². The zero-order valence-electron chi connectivity index (χ0n) is 12.0.